The smallest absolute Gasteiger partial charge is 0.308 e. The van der Waals surface area contributed by atoms with Crippen LogP contribution in [0.15, 0.2) is 27.3 Å². The average Bonchev–Trinajstić information content (AvgIpc) is 3.77. The van der Waals surface area contributed by atoms with E-state index in [0.29, 0.717) is 87.8 Å². The molecule has 0 spiro atoms. The van der Waals surface area contributed by atoms with Gasteiger partial charge in [-0.2, -0.15) is 0 Å². The summed E-state index contributed by atoms with van der Waals surface area (Å²) in [6, 6.07) is 1.78. The molecular weight excluding hydrogens is 696 g/mol. The summed E-state index contributed by atoms with van der Waals surface area (Å²) in [4.78, 5) is 67.9. The van der Waals surface area contributed by atoms with Crippen molar-refractivity contribution in [1.82, 2.24) is 0 Å². The van der Waals surface area contributed by atoms with Gasteiger partial charge in [-0.3, -0.25) is 24.0 Å². The minimum atomic E-state index is -0.986. The van der Waals surface area contributed by atoms with Gasteiger partial charge in [0.15, 0.2) is 16.9 Å². The second-order valence-corrected chi connectivity index (χ2v) is 14.8. The third-order valence-electron chi connectivity index (χ3n) is 12.0. The minimum absolute atomic E-state index is 0.0675. The number of aromatic hydroxyl groups is 1. The second-order valence-electron chi connectivity index (χ2n) is 14.8. The van der Waals surface area contributed by atoms with E-state index >= 15 is 4.79 Å². The van der Waals surface area contributed by atoms with Crippen molar-refractivity contribution in [3.63, 3.8) is 0 Å². The summed E-state index contributed by atoms with van der Waals surface area (Å²) in [5.74, 6) is -4.78. The molecule has 0 aromatic heterocycles. The number of carbonyl (C=O) groups excluding carboxylic acids is 1. The molecule has 2 saturated carbocycles. The molecule has 280 valence electrons. The van der Waals surface area contributed by atoms with Gasteiger partial charge in [0.25, 0.3) is 0 Å². The van der Waals surface area contributed by atoms with Crippen molar-refractivity contribution in [3.8, 4) is 23.0 Å². The maximum absolute atomic E-state index is 15.4. The number of benzene rings is 5. The largest absolute Gasteiger partial charge is 0.504 e. The minimum Gasteiger partial charge on any atom is -0.504 e. The zero-order valence-corrected chi connectivity index (χ0v) is 30.5. The average molecular weight is 737 g/mol. The number of ether oxygens (including phenoxy) is 3. The molecule has 13 nitrogen and oxygen atoms in total. The number of ketones is 1. The molecule has 5 atom stereocenters. The van der Waals surface area contributed by atoms with Gasteiger partial charge < -0.3 is 40.2 Å². The SMILES string of the molecule is COc1c(O)c2c(=O)cc(OC)c3c4c(OC)cc(NC5CCCC5C(=O)O)c5c(=O)c(NC6CCCC6C(=O)O)c6c(c(c1C(C(C)=O)C(C)=C6)c23)c54. The van der Waals surface area contributed by atoms with Gasteiger partial charge in [-0.25, -0.2) is 0 Å². The molecular formula is C41H40N2O11. The van der Waals surface area contributed by atoms with Gasteiger partial charge >= 0.3 is 11.9 Å². The number of hydrogen-bond donors (Lipinski definition) is 5. The standard InChI is InChI=1S/C41H40N2O11/c1-15-12-19-27-32-28(37(46)36(19)43-21-11-7-9-18(21)41(50)51)22(42-20-10-6-8-17(20)40(48)49)13-24(52-3)30(32)31-25(53-4)14-23(45)29-34(31)33(27)35(26(15)16(2)44)39(54-5)38(29)47/h12-14,17-18,20-21,26,42-43,47H,6-11H2,1-5H3,(H,48,49)(H,50,51). The zero-order chi connectivity index (χ0) is 38.5. The molecule has 3 aliphatic rings. The molecule has 0 saturated heterocycles. The highest BCUT2D eigenvalue weighted by molar-refractivity contribution is 6.40. The molecule has 0 radical (unpaired) electrons. The summed E-state index contributed by atoms with van der Waals surface area (Å²) in [5, 5.41) is 41.3. The molecule has 5 unspecified atom stereocenters. The number of rotatable bonds is 10. The highest BCUT2D eigenvalue weighted by atomic mass is 16.5. The van der Waals surface area contributed by atoms with Crippen molar-refractivity contribution < 1.29 is 43.9 Å². The number of anilines is 2. The number of Topliss-reactive ketones (excluding diaryl/α,β-unsaturated/α-hetero) is 1. The molecule has 5 N–H and O–H groups in total. The van der Waals surface area contributed by atoms with Crippen LogP contribution in [0.25, 0.3) is 49.2 Å². The first-order chi connectivity index (χ1) is 25.8. The van der Waals surface area contributed by atoms with Crippen LogP contribution in [0.3, 0.4) is 0 Å². The van der Waals surface area contributed by atoms with E-state index in [-0.39, 0.29) is 44.9 Å². The third-order valence-corrected chi connectivity index (χ3v) is 12.0. The lowest BCUT2D eigenvalue weighted by Gasteiger charge is -2.27. The Kier molecular flexibility index (Phi) is 8.23. The highest BCUT2D eigenvalue weighted by Crippen LogP contribution is 2.57. The fourth-order valence-electron chi connectivity index (χ4n) is 9.79. The molecule has 2 fully saturated rings. The first kappa shape index (κ1) is 35.2. The van der Waals surface area contributed by atoms with Crippen LogP contribution in [0.4, 0.5) is 11.4 Å². The lowest BCUT2D eigenvalue weighted by Crippen LogP contribution is -2.33. The van der Waals surface area contributed by atoms with Crippen LogP contribution < -0.4 is 35.7 Å². The van der Waals surface area contributed by atoms with E-state index < -0.39 is 58.4 Å². The summed E-state index contributed by atoms with van der Waals surface area (Å²) in [7, 11) is 4.21. The number of carboxylic acids is 2. The van der Waals surface area contributed by atoms with Crippen LogP contribution in [-0.4, -0.2) is 66.5 Å². The van der Waals surface area contributed by atoms with Crippen molar-refractivity contribution in [3.05, 3.63) is 49.3 Å². The monoisotopic (exact) mass is 736 g/mol. The van der Waals surface area contributed by atoms with Gasteiger partial charge in [-0.15, -0.1) is 0 Å². The second kappa shape index (κ2) is 12.6. The molecule has 3 aliphatic carbocycles. The van der Waals surface area contributed by atoms with Gasteiger partial charge in [0, 0.05) is 62.3 Å². The van der Waals surface area contributed by atoms with Crippen molar-refractivity contribution >= 4 is 78.3 Å². The molecule has 5 aromatic carbocycles. The Morgan fingerprint density at radius 3 is 1.85 bits per heavy atom. The summed E-state index contributed by atoms with van der Waals surface area (Å²) in [5.41, 5.74) is 0.606. The predicted octanol–water partition coefficient (Wildman–Crippen LogP) is 6.05. The van der Waals surface area contributed by atoms with E-state index in [1.807, 2.05) is 0 Å². The van der Waals surface area contributed by atoms with E-state index in [0.717, 1.165) is 0 Å². The first-order valence-corrected chi connectivity index (χ1v) is 18.1. The van der Waals surface area contributed by atoms with Gasteiger partial charge in [0.2, 0.25) is 5.43 Å². The van der Waals surface area contributed by atoms with E-state index in [2.05, 4.69) is 10.6 Å². The van der Waals surface area contributed by atoms with E-state index in [4.69, 9.17) is 14.2 Å². The molecule has 0 aliphatic heterocycles. The predicted molar refractivity (Wildman–Crippen MR) is 205 cm³/mol. The van der Waals surface area contributed by atoms with Gasteiger partial charge in [-0.05, 0) is 44.9 Å². The Labute approximate surface area is 308 Å². The summed E-state index contributed by atoms with van der Waals surface area (Å²) in [6.45, 7) is 3.16. The molecule has 0 bridgehead atoms. The fourth-order valence-corrected chi connectivity index (χ4v) is 9.79. The van der Waals surface area contributed by atoms with Crippen LogP contribution >= 0.6 is 0 Å². The molecule has 5 aromatic rings. The zero-order valence-electron chi connectivity index (χ0n) is 30.5. The number of phenols is 1. The number of aliphatic carboxylic acids is 2. The summed E-state index contributed by atoms with van der Waals surface area (Å²) in [6.07, 6.45) is 4.95. The topological polar surface area (TPSA) is 198 Å². The van der Waals surface area contributed by atoms with Crippen molar-refractivity contribution in [2.45, 2.75) is 70.4 Å². The van der Waals surface area contributed by atoms with Gasteiger partial charge in [0.05, 0.1) is 61.2 Å². The van der Waals surface area contributed by atoms with Crippen LogP contribution in [0.2, 0.25) is 0 Å². The Bertz CT molecular complexity index is 2620. The maximum atomic E-state index is 15.4. The van der Waals surface area contributed by atoms with E-state index in [1.165, 1.54) is 34.3 Å². The van der Waals surface area contributed by atoms with Crippen molar-refractivity contribution in [1.29, 1.82) is 0 Å². The lowest BCUT2D eigenvalue weighted by molar-refractivity contribution is -0.142. The van der Waals surface area contributed by atoms with Crippen LogP contribution in [0.5, 0.6) is 23.0 Å². The third kappa shape index (κ3) is 4.79. The van der Waals surface area contributed by atoms with Gasteiger partial charge in [-0.1, -0.05) is 24.5 Å². The van der Waals surface area contributed by atoms with E-state index in [9.17, 15) is 34.5 Å². The number of carboxylic acid groups (broad SMARTS) is 2. The molecule has 0 heterocycles. The lowest BCUT2D eigenvalue weighted by atomic mass is 9.80. The normalized spacial score (nSPS) is 22.2. The number of allylic oxidation sites excluding steroid dienone is 1. The molecule has 13 heteroatoms. The quantitative estimate of drug-likeness (QED) is 0.0822. The van der Waals surface area contributed by atoms with E-state index in [1.54, 1.807) is 19.1 Å². The number of nitrogens with one attached hydrogen (secondary N) is 2. The molecule has 8 rings (SSSR count). The van der Waals surface area contributed by atoms with Gasteiger partial charge in [0.1, 0.15) is 17.3 Å². The van der Waals surface area contributed by atoms with Crippen LogP contribution in [0, 0.1) is 11.8 Å². The summed E-state index contributed by atoms with van der Waals surface area (Å²) >= 11 is 0. The Morgan fingerprint density at radius 2 is 1.30 bits per heavy atom. The summed E-state index contributed by atoms with van der Waals surface area (Å²) < 4.78 is 17.8. The number of phenolic OH excluding ortho intramolecular Hbond substituents is 1. The highest BCUT2D eigenvalue weighted by Gasteiger charge is 2.40. The molecule has 0 amide bonds. The first-order valence-electron chi connectivity index (χ1n) is 18.1. The Morgan fingerprint density at radius 1 is 0.722 bits per heavy atom. The number of methoxy groups -OCH3 is 3. The Hall–Kier alpha value is -5.85. The van der Waals surface area contributed by atoms with Crippen molar-refractivity contribution in [2.24, 2.45) is 11.8 Å². The van der Waals surface area contributed by atoms with Crippen LogP contribution in [0.1, 0.15) is 69.4 Å². The number of fused-ring (bicyclic) bond motifs is 1. The van der Waals surface area contributed by atoms with Crippen molar-refractivity contribution in [2.75, 3.05) is 32.0 Å². The number of hydrogen-bond acceptors (Lipinski definition) is 11. The molecule has 54 heavy (non-hydrogen) atoms. The maximum Gasteiger partial charge on any atom is 0.308 e. The Balaban J connectivity index is 1.67. The number of carbonyl (C=O) groups is 3. The fraction of sp³-hybridized carbons (Fsp3) is 0.390. The van der Waals surface area contributed by atoms with Crippen LogP contribution in [-0.2, 0) is 14.4 Å².